The molecule has 3 saturated carbocycles. The van der Waals surface area contributed by atoms with Gasteiger partial charge in [0, 0.05) is 5.92 Å². The molecule has 0 unspecified atom stereocenters. The fourth-order valence-electron chi connectivity index (χ4n) is 5.10. The van der Waals surface area contributed by atoms with E-state index >= 15 is 0 Å². The zero-order chi connectivity index (χ0) is 23.1. The number of hydrogen-bond donors (Lipinski definition) is 1. The number of ether oxygens (including phenoxy) is 4. The van der Waals surface area contributed by atoms with Crippen LogP contribution in [0.2, 0.25) is 0 Å². The predicted octanol–water partition coefficient (Wildman–Crippen LogP) is 4.60. The Morgan fingerprint density at radius 1 is 0.656 bits per heavy atom. The summed E-state index contributed by atoms with van der Waals surface area (Å²) in [5.41, 5.74) is 0. The molecule has 3 fully saturated rings. The van der Waals surface area contributed by atoms with Crippen LogP contribution < -0.4 is 0 Å². The van der Waals surface area contributed by atoms with Gasteiger partial charge < -0.3 is 24.1 Å². The van der Waals surface area contributed by atoms with Crippen molar-refractivity contribution in [2.75, 3.05) is 7.11 Å². The summed E-state index contributed by atoms with van der Waals surface area (Å²) in [4.78, 5) is 34.8. The standard InChI is InChI=1S/C24H36O8/c1-15(16-3-9-21(10-4-16)32-24(28)29-2)30-19-13-7-18(8-14-19)23(27)31-20-11-5-17(6-12-20)22(25)26/h16-21H,1,3-14H2,2H3,(H,25,26). The van der Waals surface area contributed by atoms with Gasteiger partial charge >= 0.3 is 18.1 Å². The van der Waals surface area contributed by atoms with Gasteiger partial charge in [-0.1, -0.05) is 6.58 Å². The third kappa shape index (κ3) is 6.87. The van der Waals surface area contributed by atoms with Crippen LogP contribution in [0.5, 0.6) is 0 Å². The van der Waals surface area contributed by atoms with Crippen LogP contribution in [0.3, 0.4) is 0 Å². The van der Waals surface area contributed by atoms with Gasteiger partial charge in [-0.2, -0.15) is 0 Å². The Morgan fingerprint density at radius 3 is 1.59 bits per heavy atom. The minimum atomic E-state index is -0.753. The molecule has 0 aromatic heterocycles. The lowest BCUT2D eigenvalue weighted by atomic mass is 9.85. The first-order chi connectivity index (χ1) is 15.4. The molecule has 0 aromatic rings. The van der Waals surface area contributed by atoms with Gasteiger partial charge in [-0.25, -0.2) is 4.79 Å². The second-order valence-corrected chi connectivity index (χ2v) is 9.35. The summed E-state index contributed by atoms with van der Waals surface area (Å²) in [6.45, 7) is 4.14. The van der Waals surface area contributed by atoms with E-state index < -0.39 is 12.1 Å². The van der Waals surface area contributed by atoms with E-state index in [1.54, 1.807) is 0 Å². The molecule has 8 nitrogen and oxygen atoms in total. The number of aliphatic carboxylic acids is 1. The minimum absolute atomic E-state index is 0.0709. The van der Waals surface area contributed by atoms with Gasteiger partial charge in [-0.3, -0.25) is 9.59 Å². The monoisotopic (exact) mass is 452 g/mol. The molecule has 32 heavy (non-hydrogen) atoms. The van der Waals surface area contributed by atoms with E-state index in [-0.39, 0.29) is 42.0 Å². The van der Waals surface area contributed by atoms with Crippen LogP contribution in [-0.4, -0.2) is 48.6 Å². The average molecular weight is 453 g/mol. The first-order valence-corrected chi connectivity index (χ1v) is 11.9. The second kappa shape index (κ2) is 11.6. The summed E-state index contributed by atoms with van der Waals surface area (Å²) in [6, 6.07) is 0. The molecule has 1 N–H and O–H groups in total. The molecule has 3 aliphatic carbocycles. The predicted molar refractivity (Wildman–Crippen MR) is 115 cm³/mol. The number of allylic oxidation sites excluding steroid dienone is 1. The largest absolute Gasteiger partial charge is 0.508 e. The average Bonchev–Trinajstić information content (AvgIpc) is 2.80. The number of carbonyl (C=O) groups is 3. The Morgan fingerprint density at radius 2 is 1.09 bits per heavy atom. The number of carboxylic acid groups (broad SMARTS) is 1. The first-order valence-electron chi connectivity index (χ1n) is 11.9. The summed E-state index contributed by atoms with van der Waals surface area (Å²) in [6.07, 6.45) is 7.95. The van der Waals surface area contributed by atoms with Crippen molar-refractivity contribution in [3.63, 3.8) is 0 Å². The highest BCUT2D eigenvalue weighted by molar-refractivity contribution is 5.73. The highest BCUT2D eigenvalue weighted by Gasteiger charge is 2.33. The van der Waals surface area contributed by atoms with E-state index in [1.165, 1.54) is 7.11 Å². The number of hydrogen-bond acceptors (Lipinski definition) is 7. The fourth-order valence-corrected chi connectivity index (χ4v) is 5.10. The summed E-state index contributed by atoms with van der Waals surface area (Å²) < 4.78 is 21.6. The SMILES string of the molecule is C=C(OC1CCC(C(=O)OC2CCC(C(=O)O)CC2)CC1)C1CCC(OC(=O)OC)CC1. The quantitative estimate of drug-likeness (QED) is 0.441. The van der Waals surface area contributed by atoms with E-state index in [2.05, 4.69) is 11.3 Å². The number of esters is 1. The molecule has 0 amide bonds. The maximum atomic E-state index is 12.5. The highest BCUT2D eigenvalue weighted by Crippen LogP contribution is 2.35. The van der Waals surface area contributed by atoms with Crippen LogP contribution in [0.15, 0.2) is 12.3 Å². The molecule has 0 spiro atoms. The van der Waals surface area contributed by atoms with Crippen LogP contribution in [0, 0.1) is 17.8 Å². The molecule has 3 aliphatic rings. The van der Waals surface area contributed by atoms with Crippen LogP contribution in [-0.2, 0) is 28.5 Å². The van der Waals surface area contributed by atoms with Gasteiger partial charge in [0.1, 0.15) is 12.2 Å². The van der Waals surface area contributed by atoms with E-state index in [9.17, 15) is 14.4 Å². The molecule has 8 heteroatoms. The van der Waals surface area contributed by atoms with E-state index in [4.69, 9.17) is 19.3 Å². The Kier molecular flexibility index (Phi) is 8.82. The lowest BCUT2D eigenvalue weighted by Crippen LogP contribution is -2.33. The third-order valence-corrected chi connectivity index (χ3v) is 7.19. The number of carbonyl (C=O) groups excluding carboxylic acids is 2. The Labute approximate surface area is 189 Å². The van der Waals surface area contributed by atoms with Crippen molar-refractivity contribution in [1.82, 2.24) is 0 Å². The molecule has 0 saturated heterocycles. The van der Waals surface area contributed by atoms with Crippen LogP contribution in [0.4, 0.5) is 4.79 Å². The fraction of sp³-hybridized carbons (Fsp3) is 0.792. The van der Waals surface area contributed by atoms with Crippen LogP contribution >= 0.6 is 0 Å². The summed E-state index contributed by atoms with van der Waals surface area (Å²) in [5.74, 6) is -0.256. The van der Waals surface area contributed by atoms with Crippen molar-refractivity contribution in [3.05, 3.63) is 12.3 Å². The van der Waals surface area contributed by atoms with Crippen LogP contribution in [0.1, 0.15) is 77.0 Å². The lowest BCUT2D eigenvalue weighted by molar-refractivity contribution is -0.158. The molecule has 0 aromatic carbocycles. The molecular weight excluding hydrogens is 416 g/mol. The number of rotatable bonds is 7. The minimum Gasteiger partial charge on any atom is -0.495 e. The highest BCUT2D eigenvalue weighted by atomic mass is 16.7. The van der Waals surface area contributed by atoms with Gasteiger partial charge in [0.25, 0.3) is 0 Å². The Bertz CT molecular complexity index is 665. The number of methoxy groups -OCH3 is 1. The summed E-state index contributed by atoms with van der Waals surface area (Å²) >= 11 is 0. The van der Waals surface area contributed by atoms with Gasteiger partial charge in [-0.05, 0) is 77.0 Å². The van der Waals surface area contributed by atoms with Crippen molar-refractivity contribution < 1.29 is 38.4 Å². The maximum absolute atomic E-state index is 12.5. The van der Waals surface area contributed by atoms with Crippen LogP contribution in [0.25, 0.3) is 0 Å². The van der Waals surface area contributed by atoms with Crippen molar-refractivity contribution >= 4 is 18.1 Å². The molecular formula is C24H36O8. The van der Waals surface area contributed by atoms with Gasteiger partial charge in [0.05, 0.1) is 30.8 Å². The topological polar surface area (TPSA) is 108 Å². The van der Waals surface area contributed by atoms with Crippen molar-refractivity contribution in [2.24, 2.45) is 17.8 Å². The second-order valence-electron chi connectivity index (χ2n) is 9.35. The molecule has 0 atom stereocenters. The smallest absolute Gasteiger partial charge is 0.495 e. The molecule has 180 valence electrons. The number of carboxylic acids is 1. The lowest BCUT2D eigenvalue weighted by Gasteiger charge is -2.33. The summed E-state index contributed by atoms with van der Waals surface area (Å²) in [7, 11) is 1.31. The molecule has 0 aliphatic heterocycles. The van der Waals surface area contributed by atoms with Gasteiger partial charge in [0.2, 0.25) is 0 Å². The van der Waals surface area contributed by atoms with Gasteiger partial charge in [0.15, 0.2) is 0 Å². The van der Waals surface area contributed by atoms with Crippen molar-refractivity contribution in [2.45, 2.75) is 95.4 Å². The maximum Gasteiger partial charge on any atom is 0.508 e. The zero-order valence-electron chi connectivity index (χ0n) is 19.0. The van der Waals surface area contributed by atoms with E-state index in [0.717, 1.165) is 57.1 Å². The third-order valence-electron chi connectivity index (χ3n) is 7.19. The van der Waals surface area contributed by atoms with E-state index in [1.807, 2.05) is 0 Å². The molecule has 0 bridgehead atoms. The van der Waals surface area contributed by atoms with E-state index in [0.29, 0.717) is 25.7 Å². The molecule has 0 radical (unpaired) electrons. The normalized spacial score (nSPS) is 32.9. The van der Waals surface area contributed by atoms with Crippen molar-refractivity contribution in [1.29, 1.82) is 0 Å². The molecule has 0 heterocycles. The first kappa shape index (κ1) is 24.4. The molecule has 3 rings (SSSR count). The van der Waals surface area contributed by atoms with Gasteiger partial charge in [-0.15, -0.1) is 0 Å². The Hall–Kier alpha value is -2.25. The summed E-state index contributed by atoms with van der Waals surface area (Å²) in [5, 5.41) is 9.08. The van der Waals surface area contributed by atoms with Crippen molar-refractivity contribution in [3.8, 4) is 0 Å². The zero-order valence-corrected chi connectivity index (χ0v) is 19.0. The Balaban J connectivity index is 1.32.